The largest absolute Gasteiger partial charge is 0.496 e. The number of methoxy groups -OCH3 is 1. The molecule has 21 heavy (non-hydrogen) atoms. The van der Waals surface area contributed by atoms with Crippen LogP contribution < -0.4 is 10.1 Å². The number of amides is 1. The molecule has 0 unspecified atom stereocenters. The molecule has 0 aromatic heterocycles. The second kappa shape index (κ2) is 7.27. The van der Waals surface area contributed by atoms with E-state index in [2.05, 4.69) is 5.32 Å². The van der Waals surface area contributed by atoms with E-state index < -0.39 is 0 Å². The zero-order valence-corrected chi connectivity index (χ0v) is 13.1. The molecular formula is C17H24N2O2. The van der Waals surface area contributed by atoms with Gasteiger partial charge in [0, 0.05) is 24.7 Å². The first-order valence-electron chi connectivity index (χ1n) is 7.42. The Morgan fingerprint density at radius 2 is 2.10 bits per heavy atom. The topological polar surface area (TPSA) is 41.6 Å². The molecule has 0 spiro atoms. The van der Waals surface area contributed by atoms with E-state index in [-0.39, 0.29) is 5.91 Å². The Balaban J connectivity index is 2.05. The number of aryl methyl sites for hydroxylation is 1. The van der Waals surface area contributed by atoms with E-state index in [1.165, 1.54) is 0 Å². The summed E-state index contributed by atoms with van der Waals surface area (Å²) in [6, 6.07) is 6.28. The third-order valence-corrected chi connectivity index (χ3v) is 3.99. The minimum atomic E-state index is 0.0467. The van der Waals surface area contributed by atoms with Gasteiger partial charge in [-0.15, -0.1) is 0 Å². The van der Waals surface area contributed by atoms with Gasteiger partial charge in [-0.3, -0.25) is 4.79 Å². The molecule has 0 bridgehead atoms. The van der Waals surface area contributed by atoms with Crippen molar-refractivity contribution in [2.24, 2.45) is 0 Å². The first-order chi connectivity index (χ1) is 10.1. The van der Waals surface area contributed by atoms with Crippen molar-refractivity contribution in [2.75, 3.05) is 27.2 Å². The molecular weight excluding hydrogens is 264 g/mol. The summed E-state index contributed by atoms with van der Waals surface area (Å²) >= 11 is 0. The van der Waals surface area contributed by atoms with Crippen LogP contribution in [0.3, 0.4) is 0 Å². The lowest BCUT2D eigenvalue weighted by atomic mass is 10.1. The van der Waals surface area contributed by atoms with Crippen LogP contribution in [0.4, 0.5) is 0 Å². The third kappa shape index (κ3) is 4.08. The fraction of sp³-hybridized carbons (Fsp3) is 0.471. The van der Waals surface area contributed by atoms with Crippen molar-refractivity contribution in [2.45, 2.75) is 25.8 Å². The monoisotopic (exact) mass is 288 g/mol. The quantitative estimate of drug-likeness (QED) is 0.864. The van der Waals surface area contributed by atoms with Gasteiger partial charge in [0.15, 0.2) is 0 Å². The molecule has 1 aliphatic heterocycles. The fourth-order valence-electron chi connectivity index (χ4n) is 2.64. The minimum absolute atomic E-state index is 0.0467. The molecule has 4 heteroatoms. The zero-order chi connectivity index (χ0) is 15.2. The first kappa shape index (κ1) is 15.6. The van der Waals surface area contributed by atoms with Crippen LogP contribution in [-0.2, 0) is 4.79 Å². The number of hydrogen-bond acceptors (Lipinski definition) is 3. The molecule has 0 atom stereocenters. The summed E-state index contributed by atoms with van der Waals surface area (Å²) in [6.45, 7) is 4.00. The maximum absolute atomic E-state index is 12.3. The van der Waals surface area contributed by atoms with Gasteiger partial charge in [0.25, 0.3) is 0 Å². The predicted octanol–water partition coefficient (Wildman–Crippen LogP) is 2.23. The van der Waals surface area contributed by atoms with Crippen molar-refractivity contribution in [1.29, 1.82) is 0 Å². The Labute approximate surface area is 126 Å². The summed E-state index contributed by atoms with van der Waals surface area (Å²) in [7, 11) is 3.53. The lowest BCUT2D eigenvalue weighted by Crippen LogP contribution is -2.43. The Hall–Kier alpha value is -1.81. The van der Waals surface area contributed by atoms with Crippen molar-refractivity contribution in [3.05, 3.63) is 35.4 Å². The van der Waals surface area contributed by atoms with Crippen LogP contribution in [-0.4, -0.2) is 44.1 Å². The number of hydrogen-bond donors (Lipinski definition) is 1. The van der Waals surface area contributed by atoms with E-state index in [9.17, 15) is 4.79 Å². The first-order valence-corrected chi connectivity index (χ1v) is 7.42. The Bertz CT molecular complexity index is 520. The summed E-state index contributed by atoms with van der Waals surface area (Å²) in [6.07, 6.45) is 5.51. The molecule has 1 aromatic rings. The average Bonchev–Trinajstić information content (AvgIpc) is 2.52. The van der Waals surface area contributed by atoms with Gasteiger partial charge in [-0.25, -0.2) is 0 Å². The average molecular weight is 288 g/mol. The van der Waals surface area contributed by atoms with Crippen LogP contribution in [0.1, 0.15) is 24.0 Å². The molecule has 0 saturated carbocycles. The molecule has 1 aromatic carbocycles. The van der Waals surface area contributed by atoms with Crippen LogP contribution in [0.2, 0.25) is 0 Å². The van der Waals surface area contributed by atoms with Gasteiger partial charge in [0.2, 0.25) is 5.91 Å². The summed E-state index contributed by atoms with van der Waals surface area (Å²) in [4.78, 5) is 14.1. The van der Waals surface area contributed by atoms with E-state index in [4.69, 9.17) is 4.74 Å². The number of nitrogens with one attached hydrogen (secondary N) is 1. The van der Waals surface area contributed by atoms with Crippen LogP contribution >= 0.6 is 0 Å². The van der Waals surface area contributed by atoms with Gasteiger partial charge >= 0.3 is 0 Å². The maximum Gasteiger partial charge on any atom is 0.246 e. The van der Waals surface area contributed by atoms with E-state index in [0.29, 0.717) is 6.04 Å². The highest BCUT2D eigenvalue weighted by Crippen LogP contribution is 2.21. The highest BCUT2D eigenvalue weighted by molar-refractivity contribution is 5.92. The molecule has 0 radical (unpaired) electrons. The van der Waals surface area contributed by atoms with Gasteiger partial charge in [0.05, 0.1) is 7.11 Å². The van der Waals surface area contributed by atoms with E-state index in [1.54, 1.807) is 13.2 Å². The number of carbonyl (C=O) groups excluding carboxylic acids is 1. The third-order valence-electron chi connectivity index (χ3n) is 3.99. The highest BCUT2D eigenvalue weighted by atomic mass is 16.5. The van der Waals surface area contributed by atoms with Crippen LogP contribution in [0.15, 0.2) is 24.3 Å². The molecule has 0 aliphatic carbocycles. The van der Waals surface area contributed by atoms with Crippen molar-refractivity contribution >= 4 is 12.0 Å². The molecule has 1 saturated heterocycles. The van der Waals surface area contributed by atoms with Crippen LogP contribution in [0.25, 0.3) is 6.08 Å². The number of carbonyl (C=O) groups is 1. The molecule has 1 N–H and O–H groups in total. The van der Waals surface area contributed by atoms with Gasteiger partial charge in [-0.2, -0.15) is 0 Å². The van der Waals surface area contributed by atoms with Crippen molar-refractivity contribution < 1.29 is 9.53 Å². The number of benzene rings is 1. The minimum Gasteiger partial charge on any atom is -0.496 e. The van der Waals surface area contributed by atoms with Crippen molar-refractivity contribution in [1.82, 2.24) is 10.2 Å². The standard InChI is InChI=1S/C17H24N2O2/c1-13-4-6-16(21-3)14(12-13)5-7-17(20)19(2)15-8-10-18-11-9-15/h4-7,12,15,18H,8-11H2,1-3H3. The van der Waals surface area contributed by atoms with Crippen LogP contribution in [0.5, 0.6) is 5.75 Å². The SMILES string of the molecule is COc1ccc(C)cc1C=CC(=O)N(C)C1CCNCC1. The predicted molar refractivity (Wildman–Crippen MR) is 85.4 cm³/mol. The summed E-state index contributed by atoms with van der Waals surface area (Å²) in [5.41, 5.74) is 2.08. The van der Waals surface area contributed by atoms with Gasteiger partial charge in [-0.1, -0.05) is 11.6 Å². The van der Waals surface area contributed by atoms with Crippen molar-refractivity contribution in [3.63, 3.8) is 0 Å². The Morgan fingerprint density at radius 3 is 2.76 bits per heavy atom. The molecule has 2 rings (SSSR count). The fourth-order valence-corrected chi connectivity index (χ4v) is 2.64. The molecule has 1 heterocycles. The van der Waals surface area contributed by atoms with Crippen molar-refractivity contribution in [3.8, 4) is 5.75 Å². The maximum atomic E-state index is 12.3. The smallest absolute Gasteiger partial charge is 0.246 e. The molecule has 1 amide bonds. The Morgan fingerprint density at radius 1 is 1.38 bits per heavy atom. The van der Waals surface area contributed by atoms with Crippen LogP contribution in [0, 0.1) is 6.92 Å². The number of ether oxygens (including phenoxy) is 1. The summed E-state index contributed by atoms with van der Waals surface area (Å²) < 4.78 is 5.33. The summed E-state index contributed by atoms with van der Waals surface area (Å²) in [5, 5.41) is 3.32. The second-order valence-electron chi connectivity index (χ2n) is 5.51. The van der Waals surface area contributed by atoms with E-state index >= 15 is 0 Å². The normalized spacial score (nSPS) is 16.1. The highest BCUT2D eigenvalue weighted by Gasteiger charge is 2.20. The number of rotatable bonds is 4. The lowest BCUT2D eigenvalue weighted by Gasteiger charge is -2.30. The van der Waals surface area contributed by atoms with Gasteiger partial charge < -0.3 is 15.0 Å². The van der Waals surface area contributed by atoms with E-state index in [1.807, 2.05) is 43.1 Å². The lowest BCUT2D eigenvalue weighted by molar-refractivity contribution is -0.127. The second-order valence-corrected chi connectivity index (χ2v) is 5.51. The number of nitrogens with zero attached hydrogens (tertiary/aromatic N) is 1. The molecule has 1 aliphatic rings. The van der Waals surface area contributed by atoms with E-state index in [0.717, 1.165) is 42.8 Å². The molecule has 114 valence electrons. The Kier molecular flexibility index (Phi) is 5.39. The number of piperidine rings is 1. The molecule has 1 fully saturated rings. The summed E-state index contributed by atoms with van der Waals surface area (Å²) in [5.74, 6) is 0.833. The molecule has 4 nitrogen and oxygen atoms in total. The number of likely N-dealkylation sites (N-methyl/N-ethyl adjacent to an activating group) is 1. The van der Waals surface area contributed by atoms with Gasteiger partial charge in [-0.05, 0) is 51.1 Å². The van der Waals surface area contributed by atoms with Gasteiger partial charge in [0.1, 0.15) is 5.75 Å². The zero-order valence-electron chi connectivity index (χ0n) is 13.1.